The van der Waals surface area contributed by atoms with Crippen LogP contribution in [0.2, 0.25) is 0 Å². The predicted octanol–water partition coefficient (Wildman–Crippen LogP) is 2.55. The number of rotatable bonds is 7. The molecular formula is C18H19FN4O4. The molecule has 0 fully saturated rings. The number of urea groups is 1. The first-order chi connectivity index (χ1) is 13.0. The van der Waals surface area contributed by atoms with Gasteiger partial charge >= 0.3 is 6.03 Å². The third kappa shape index (κ3) is 4.92. The minimum Gasteiger partial charge on any atom is -0.497 e. The summed E-state index contributed by atoms with van der Waals surface area (Å²) in [4.78, 5) is 12.0. The third-order valence-electron chi connectivity index (χ3n) is 3.66. The van der Waals surface area contributed by atoms with Crippen molar-refractivity contribution in [2.75, 3.05) is 26.8 Å². The Morgan fingerprint density at radius 1 is 1.11 bits per heavy atom. The lowest BCUT2D eigenvalue weighted by atomic mass is 10.2. The topological polar surface area (TPSA) is 105 Å². The van der Waals surface area contributed by atoms with Gasteiger partial charge in [-0.2, -0.15) is 5.26 Å². The molecule has 0 atom stereocenters. The zero-order chi connectivity index (χ0) is 19.8. The summed E-state index contributed by atoms with van der Waals surface area (Å²) < 4.78 is 28.9. The van der Waals surface area contributed by atoms with Crippen molar-refractivity contribution in [1.82, 2.24) is 10.7 Å². The number of nitrogens with zero attached hydrogens (tertiary/aromatic N) is 1. The van der Waals surface area contributed by atoms with Crippen LogP contribution in [0.5, 0.6) is 17.2 Å². The predicted molar refractivity (Wildman–Crippen MR) is 96.2 cm³/mol. The molecule has 9 heteroatoms. The van der Waals surface area contributed by atoms with E-state index in [-0.39, 0.29) is 23.5 Å². The lowest BCUT2D eigenvalue weighted by molar-refractivity contribution is 0.242. The maximum atomic E-state index is 13.6. The Morgan fingerprint density at radius 3 is 2.48 bits per heavy atom. The Morgan fingerprint density at radius 2 is 1.85 bits per heavy atom. The average molecular weight is 374 g/mol. The van der Waals surface area contributed by atoms with Gasteiger partial charge in [-0.1, -0.05) is 0 Å². The molecule has 0 heterocycles. The van der Waals surface area contributed by atoms with Crippen LogP contribution in [0.1, 0.15) is 11.1 Å². The molecule has 142 valence electrons. The van der Waals surface area contributed by atoms with Crippen LogP contribution in [0.4, 0.5) is 14.9 Å². The maximum absolute atomic E-state index is 13.6. The van der Waals surface area contributed by atoms with Crippen molar-refractivity contribution in [2.45, 2.75) is 6.54 Å². The molecule has 2 amide bonds. The Balaban J connectivity index is 1.99. The zero-order valence-corrected chi connectivity index (χ0v) is 15.1. The molecule has 2 aromatic carbocycles. The zero-order valence-electron chi connectivity index (χ0n) is 15.1. The second-order valence-electron chi connectivity index (χ2n) is 5.25. The van der Waals surface area contributed by atoms with Gasteiger partial charge in [0.1, 0.15) is 17.6 Å². The van der Waals surface area contributed by atoms with E-state index in [0.29, 0.717) is 11.5 Å². The number of ether oxygens (including phenoxy) is 3. The van der Waals surface area contributed by atoms with Gasteiger partial charge in [-0.3, -0.25) is 10.9 Å². The van der Waals surface area contributed by atoms with E-state index in [9.17, 15) is 9.18 Å². The second-order valence-corrected chi connectivity index (χ2v) is 5.25. The molecule has 0 saturated carbocycles. The van der Waals surface area contributed by atoms with Gasteiger partial charge in [0.2, 0.25) is 0 Å². The van der Waals surface area contributed by atoms with Crippen molar-refractivity contribution >= 4 is 11.7 Å². The number of nitrogens with one attached hydrogen (secondary N) is 3. The summed E-state index contributed by atoms with van der Waals surface area (Å²) in [5.74, 6) is 0.478. The van der Waals surface area contributed by atoms with Crippen LogP contribution in [0, 0.1) is 17.1 Å². The monoisotopic (exact) mass is 374 g/mol. The minimum atomic E-state index is -0.671. The number of hydrogen-bond acceptors (Lipinski definition) is 6. The van der Waals surface area contributed by atoms with Crippen LogP contribution in [-0.4, -0.2) is 27.4 Å². The van der Waals surface area contributed by atoms with E-state index in [1.54, 1.807) is 25.3 Å². The molecule has 27 heavy (non-hydrogen) atoms. The van der Waals surface area contributed by atoms with Crippen LogP contribution >= 0.6 is 0 Å². The largest absolute Gasteiger partial charge is 0.497 e. The van der Waals surface area contributed by atoms with Gasteiger partial charge in [-0.25, -0.2) is 9.18 Å². The summed E-state index contributed by atoms with van der Waals surface area (Å²) in [6.07, 6.45) is 0. The number of carbonyl (C=O) groups is 1. The summed E-state index contributed by atoms with van der Waals surface area (Å²) in [5.41, 5.74) is 5.91. The van der Waals surface area contributed by atoms with Gasteiger partial charge < -0.3 is 19.5 Å². The molecule has 0 aliphatic carbocycles. The molecule has 3 N–H and O–H groups in total. The van der Waals surface area contributed by atoms with Gasteiger partial charge in [0.15, 0.2) is 11.6 Å². The highest BCUT2D eigenvalue weighted by Gasteiger charge is 2.11. The number of methoxy groups -OCH3 is 3. The quantitative estimate of drug-likeness (QED) is 0.644. The minimum absolute atomic E-state index is 0.0189. The van der Waals surface area contributed by atoms with E-state index in [1.165, 1.54) is 20.3 Å². The van der Waals surface area contributed by atoms with Crippen molar-refractivity contribution in [2.24, 2.45) is 0 Å². The molecule has 0 radical (unpaired) electrons. The van der Waals surface area contributed by atoms with Crippen molar-refractivity contribution in [3.63, 3.8) is 0 Å². The molecule has 0 unspecified atom stereocenters. The first-order valence-electron chi connectivity index (χ1n) is 7.80. The van der Waals surface area contributed by atoms with Gasteiger partial charge in [-0.05, 0) is 18.2 Å². The number of nitriles is 1. The van der Waals surface area contributed by atoms with Crippen molar-refractivity contribution < 1.29 is 23.4 Å². The highest BCUT2D eigenvalue weighted by atomic mass is 19.1. The van der Waals surface area contributed by atoms with E-state index in [4.69, 9.17) is 19.5 Å². The van der Waals surface area contributed by atoms with Crippen LogP contribution in [0.3, 0.4) is 0 Å². The summed E-state index contributed by atoms with van der Waals surface area (Å²) in [5, 5.41) is 11.7. The highest BCUT2D eigenvalue weighted by Crippen LogP contribution is 2.26. The van der Waals surface area contributed by atoms with E-state index in [1.807, 2.05) is 6.07 Å². The first-order valence-corrected chi connectivity index (χ1v) is 7.80. The maximum Gasteiger partial charge on any atom is 0.333 e. The van der Waals surface area contributed by atoms with E-state index < -0.39 is 11.8 Å². The van der Waals surface area contributed by atoms with Gasteiger partial charge in [-0.15, -0.1) is 0 Å². The van der Waals surface area contributed by atoms with Crippen LogP contribution in [0.15, 0.2) is 30.3 Å². The number of halogens is 1. The molecule has 0 aromatic heterocycles. The smallest absolute Gasteiger partial charge is 0.333 e. The van der Waals surface area contributed by atoms with E-state index >= 15 is 0 Å². The molecule has 0 aliphatic rings. The van der Waals surface area contributed by atoms with E-state index in [0.717, 1.165) is 11.6 Å². The molecule has 0 saturated heterocycles. The number of benzene rings is 2. The molecule has 0 aliphatic heterocycles. The molecule has 2 rings (SSSR count). The van der Waals surface area contributed by atoms with Crippen molar-refractivity contribution in [3.8, 4) is 23.3 Å². The third-order valence-corrected chi connectivity index (χ3v) is 3.66. The standard InChI is InChI=1S/C18H19FN4O4/c1-25-13-5-4-11(16(7-13)26-2)10-21-18(24)23-22-15-8-17(27-3)14(19)6-12(15)9-20/h4-8,22H,10H2,1-3H3,(H2,21,23,24). The van der Waals surface area contributed by atoms with Gasteiger partial charge in [0, 0.05) is 24.2 Å². The second kappa shape index (κ2) is 9.15. The Bertz CT molecular complexity index is 867. The van der Waals surface area contributed by atoms with Crippen LogP contribution < -0.4 is 30.4 Å². The molecule has 8 nitrogen and oxygen atoms in total. The van der Waals surface area contributed by atoms with Crippen LogP contribution in [0.25, 0.3) is 0 Å². The normalized spacial score (nSPS) is 9.74. The Labute approximate surface area is 155 Å². The SMILES string of the molecule is COc1ccc(CNC(=O)NNc2cc(OC)c(F)cc2C#N)c(OC)c1. The fourth-order valence-electron chi connectivity index (χ4n) is 2.25. The highest BCUT2D eigenvalue weighted by molar-refractivity contribution is 5.76. The fourth-order valence-corrected chi connectivity index (χ4v) is 2.25. The summed E-state index contributed by atoms with van der Waals surface area (Å²) >= 11 is 0. The lowest BCUT2D eigenvalue weighted by Gasteiger charge is -2.14. The van der Waals surface area contributed by atoms with Gasteiger partial charge in [0.05, 0.1) is 32.6 Å². The number of anilines is 1. The Hall–Kier alpha value is -3.67. The summed E-state index contributed by atoms with van der Waals surface area (Å²) in [7, 11) is 4.37. The summed E-state index contributed by atoms with van der Waals surface area (Å²) in [6.45, 7) is 0.193. The summed E-state index contributed by atoms with van der Waals surface area (Å²) in [6, 6.07) is 8.80. The van der Waals surface area contributed by atoms with E-state index in [2.05, 4.69) is 16.2 Å². The lowest BCUT2D eigenvalue weighted by Crippen LogP contribution is -2.38. The molecular weight excluding hydrogens is 355 g/mol. The van der Waals surface area contributed by atoms with Crippen molar-refractivity contribution in [3.05, 3.63) is 47.3 Å². The molecule has 0 bridgehead atoms. The average Bonchev–Trinajstić information content (AvgIpc) is 2.70. The van der Waals surface area contributed by atoms with Crippen molar-refractivity contribution in [1.29, 1.82) is 5.26 Å². The fraction of sp³-hybridized carbons (Fsp3) is 0.222. The van der Waals surface area contributed by atoms with Crippen LogP contribution in [-0.2, 0) is 6.54 Å². The number of hydrogen-bond donors (Lipinski definition) is 3. The number of amides is 2. The molecule has 2 aromatic rings. The number of carbonyl (C=O) groups excluding carboxylic acids is 1. The Kier molecular flexibility index (Phi) is 6.66. The first kappa shape index (κ1) is 19.7. The van der Waals surface area contributed by atoms with Gasteiger partial charge in [0.25, 0.3) is 0 Å². The number of hydrazine groups is 1. The molecule has 0 spiro atoms.